The summed E-state index contributed by atoms with van der Waals surface area (Å²) in [6.07, 6.45) is 4.01. The molecule has 5 nitrogen and oxygen atoms in total. The molecule has 0 radical (unpaired) electrons. The van der Waals surface area contributed by atoms with Crippen LogP contribution in [-0.2, 0) is 21.4 Å². The first-order valence-corrected chi connectivity index (χ1v) is 9.30. The Morgan fingerprint density at radius 3 is 2.96 bits per heavy atom. The lowest BCUT2D eigenvalue weighted by molar-refractivity contribution is -0.165. The number of carbonyl (C=O) groups excluding carboxylic acids is 1. The van der Waals surface area contributed by atoms with Gasteiger partial charge in [0, 0.05) is 29.9 Å². The van der Waals surface area contributed by atoms with E-state index in [0.29, 0.717) is 12.0 Å². The highest BCUT2D eigenvalue weighted by atomic mass is 16.5. The van der Waals surface area contributed by atoms with Gasteiger partial charge in [-0.05, 0) is 50.9 Å². The molecule has 1 spiro atoms. The van der Waals surface area contributed by atoms with Crippen LogP contribution in [0.4, 0.5) is 0 Å². The zero-order valence-corrected chi connectivity index (χ0v) is 15.1. The van der Waals surface area contributed by atoms with Gasteiger partial charge in [-0.3, -0.25) is 4.79 Å². The first kappa shape index (κ1) is 15.5. The number of hydrogen-bond donors (Lipinski definition) is 0. The van der Waals surface area contributed by atoms with Crippen molar-refractivity contribution in [2.24, 2.45) is 5.92 Å². The maximum Gasteiger partial charge on any atom is 0.302 e. The molecule has 5 rings (SSSR count). The molecule has 1 saturated heterocycles. The number of methoxy groups -OCH3 is 1. The normalized spacial score (nSPS) is 37.9. The standard InChI is InChI=1S/C20H25NO4/c1-11(22)24-14-6-7-16-20-8-9-21(2)13(18(14)20)10-12-4-5-15(23-3)19(25-16)17(12)20/h4-5,13-14,16,18H,6-10H2,1-3H3/t13-,14-,16+,18-,20-/m1/s1. The van der Waals surface area contributed by atoms with Crippen molar-refractivity contribution in [3.8, 4) is 11.5 Å². The fraction of sp³-hybridized carbons (Fsp3) is 0.650. The van der Waals surface area contributed by atoms with E-state index in [4.69, 9.17) is 14.2 Å². The molecule has 2 fully saturated rings. The van der Waals surface area contributed by atoms with Crippen molar-refractivity contribution in [2.45, 2.75) is 56.3 Å². The largest absolute Gasteiger partial charge is 0.493 e. The molecular weight excluding hydrogens is 318 g/mol. The Kier molecular flexibility index (Phi) is 3.18. The Labute approximate surface area is 148 Å². The van der Waals surface area contributed by atoms with E-state index in [1.807, 2.05) is 6.07 Å². The number of ether oxygens (including phenoxy) is 3. The molecule has 2 heterocycles. The number of hydrogen-bond acceptors (Lipinski definition) is 5. The SMILES string of the molecule is COc1ccc2c3c1O[C@H]1CC[C@@H](OC(C)=O)[C@H]4[C@@H](C2)N(C)CC[C@@]341. The molecule has 4 aliphatic rings. The van der Waals surface area contributed by atoms with Crippen molar-refractivity contribution in [1.29, 1.82) is 0 Å². The highest BCUT2D eigenvalue weighted by molar-refractivity contribution is 5.66. The second-order valence-corrected chi connectivity index (χ2v) is 8.03. The summed E-state index contributed by atoms with van der Waals surface area (Å²) < 4.78 is 17.9. The van der Waals surface area contributed by atoms with E-state index < -0.39 is 0 Å². The van der Waals surface area contributed by atoms with Gasteiger partial charge in [-0.2, -0.15) is 0 Å². The van der Waals surface area contributed by atoms with Crippen molar-refractivity contribution in [1.82, 2.24) is 4.90 Å². The van der Waals surface area contributed by atoms with Crippen LogP contribution in [-0.4, -0.2) is 49.8 Å². The zero-order valence-electron chi connectivity index (χ0n) is 15.1. The number of likely N-dealkylation sites (tertiary alicyclic amines) is 1. The minimum atomic E-state index is -0.170. The van der Waals surface area contributed by atoms with Crippen molar-refractivity contribution >= 4 is 5.97 Å². The molecule has 25 heavy (non-hydrogen) atoms. The molecule has 1 aromatic rings. The monoisotopic (exact) mass is 343 g/mol. The number of piperidine rings is 1. The molecule has 0 unspecified atom stereocenters. The summed E-state index contributed by atoms with van der Waals surface area (Å²) in [5.74, 6) is 1.91. The second-order valence-electron chi connectivity index (χ2n) is 8.03. The van der Waals surface area contributed by atoms with E-state index in [1.54, 1.807) is 7.11 Å². The van der Waals surface area contributed by atoms with Crippen molar-refractivity contribution < 1.29 is 19.0 Å². The first-order chi connectivity index (χ1) is 12.1. The maximum absolute atomic E-state index is 11.7. The molecule has 2 aliphatic heterocycles. The highest BCUT2D eigenvalue weighted by Gasteiger charge is 2.66. The Hall–Kier alpha value is -1.75. The van der Waals surface area contributed by atoms with Crippen LogP contribution in [0.1, 0.15) is 37.3 Å². The van der Waals surface area contributed by atoms with Crippen LogP contribution in [0.25, 0.3) is 0 Å². The van der Waals surface area contributed by atoms with E-state index >= 15 is 0 Å². The van der Waals surface area contributed by atoms with E-state index in [2.05, 4.69) is 18.0 Å². The quantitative estimate of drug-likeness (QED) is 0.771. The number of rotatable bonds is 2. The molecule has 134 valence electrons. The average Bonchev–Trinajstić information content (AvgIpc) is 2.92. The molecular formula is C20H25NO4. The zero-order chi connectivity index (χ0) is 17.3. The minimum absolute atomic E-state index is 0.0181. The lowest BCUT2D eigenvalue weighted by Gasteiger charge is -2.59. The summed E-state index contributed by atoms with van der Waals surface area (Å²) >= 11 is 0. The predicted octanol–water partition coefficient (Wildman–Crippen LogP) is 2.30. The van der Waals surface area contributed by atoms with E-state index in [9.17, 15) is 4.79 Å². The van der Waals surface area contributed by atoms with Crippen molar-refractivity contribution in [3.63, 3.8) is 0 Å². The van der Waals surface area contributed by atoms with Gasteiger partial charge in [0.05, 0.1) is 7.11 Å². The molecule has 0 amide bonds. The van der Waals surface area contributed by atoms with Crippen LogP contribution in [0.15, 0.2) is 12.1 Å². The summed E-state index contributed by atoms with van der Waals surface area (Å²) in [5.41, 5.74) is 2.70. The Morgan fingerprint density at radius 1 is 1.36 bits per heavy atom. The van der Waals surface area contributed by atoms with Gasteiger partial charge < -0.3 is 19.1 Å². The minimum Gasteiger partial charge on any atom is -0.493 e. The van der Waals surface area contributed by atoms with Gasteiger partial charge in [-0.1, -0.05) is 6.07 Å². The number of esters is 1. The van der Waals surface area contributed by atoms with Gasteiger partial charge in [0.25, 0.3) is 0 Å². The lowest BCUT2D eigenvalue weighted by atomic mass is 9.51. The van der Waals surface area contributed by atoms with Gasteiger partial charge in [-0.15, -0.1) is 0 Å². The molecule has 0 N–H and O–H groups in total. The third-order valence-corrected chi connectivity index (χ3v) is 7.04. The summed E-state index contributed by atoms with van der Waals surface area (Å²) in [5, 5.41) is 0. The number of carbonyl (C=O) groups is 1. The van der Waals surface area contributed by atoms with Gasteiger partial charge in [-0.25, -0.2) is 0 Å². The number of nitrogens with zero attached hydrogens (tertiary/aromatic N) is 1. The molecule has 2 bridgehead atoms. The summed E-state index contributed by atoms with van der Waals surface area (Å²) in [7, 11) is 3.91. The van der Waals surface area contributed by atoms with Crippen LogP contribution >= 0.6 is 0 Å². The number of benzene rings is 1. The van der Waals surface area contributed by atoms with Crippen LogP contribution < -0.4 is 9.47 Å². The van der Waals surface area contributed by atoms with Crippen LogP contribution in [0, 0.1) is 5.92 Å². The van der Waals surface area contributed by atoms with Gasteiger partial charge in [0.2, 0.25) is 0 Å². The van der Waals surface area contributed by atoms with E-state index in [1.165, 1.54) is 18.1 Å². The Bertz CT molecular complexity index is 747. The molecule has 2 aliphatic carbocycles. The predicted molar refractivity (Wildman–Crippen MR) is 92.1 cm³/mol. The summed E-state index contributed by atoms with van der Waals surface area (Å²) in [6.45, 7) is 2.59. The van der Waals surface area contributed by atoms with Crippen LogP contribution in [0.5, 0.6) is 11.5 Å². The molecule has 1 saturated carbocycles. The van der Waals surface area contributed by atoms with E-state index in [-0.39, 0.29) is 23.6 Å². The first-order valence-electron chi connectivity index (χ1n) is 9.30. The molecule has 5 atom stereocenters. The number of likely N-dealkylation sites (N-methyl/N-ethyl adjacent to an activating group) is 1. The third kappa shape index (κ3) is 1.85. The molecule has 0 aromatic heterocycles. The van der Waals surface area contributed by atoms with Crippen LogP contribution in [0.2, 0.25) is 0 Å². The summed E-state index contributed by atoms with van der Waals surface area (Å²) in [6, 6.07) is 4.65. The molecule has 1 aromatic carbocycles. The van der Waals surface area contributed by atoms with Gasteiger partial charge >= 0.3 is 5.97 Å². The fourth-order valence-corrected chi connectivity index (χ4v) is 6.19. The smallest absolute Gasteiger partial charge is 0.302 e. The van der Waals surface area contributed by atoms with Crippen molar-refractivity contribution in [3.05, 3.63) is 23.3 Å². The summed E-state index contributed by atoms with van der Waals surface area (Å²) in [4.78, 5) is 14.2. The third-order valence-electron chi connectivity index (χ3n) is 7.04. The topological polar surface area (TPSA) is 48.0 Å². The Balaban J connectivity index is 1.72. The highest BCUT2D eigenvalue weighted by Crippen LogP contribution is 2.64. The fourth-order valence-electron chi connectivity index (χ4n) is 6.19. The van der Waals surface area contributed by atoms with Crippen LogP contribution in [0.3, 0.4) is 0 Å². The second kappa shape index (κ2) is 5.13. The van der Waals surface area contributed by atoms with E-state index in [0.717, 1.165) is 43.7 Å². The maximum atomic E-state index is 11.7. The lowest BCUT2D eigenvalue weighted by Crippen LogP contribution is -2.67. The van der Waals surface area contributed by atoms with Gasteiger partial charge in [0.15, 0.2) is 11.5 Å². The van der Waals surface area contributed by atoms with Gasteiger partial charge in [0.1, 0.15) is 12.2 Å². The average molecular weight is 343 g/mol. The Morgan fingerprint density at radius 2 is 2.20 bits per heavy atom. The van der Waals surface area contributed by atoms with Crippen molar-refractivity contribution in [2.75, 3.05) is 20.7 Å². The molecule has 5 heteroatoms.